The molecule has 0 radical (unpaired) electrons. The van der Waals surface area contributed by atoms with E-state index in [0.29, 0.717) is 0 Å². The zero-order valence-corrected chi connectivity index (χ0v) is 12.9. The summed E-state index contributed by atoms with van der Waals surface area (Å²) in [5.41, 5.74) is -1.91. The van der Waals surface area contributed by atoms with Gasteiger partial charge in [0.1, 0.15) is 11.8 Å². The Hall–Kier alpha value is -3.32. The van der Waals surface area contributed by atoms with Crippen LogP contribution in [0.3, 0.4) is 0 Å². The number of amides is 1. The Labute approximate surface area is 136 Å². The van der Waals surface area contributed by atoms with Crippen molar-refractivity contribution >= 4 is 17.4 Å². The highest BCUT2D eigenvalue weighted by Crippen LogP contribution is 2.38. The number of phenolic OH excluding ortho intramolecular Hbond substituents is 2. The molecule has 0 aliphatic carbocycles. The number of ether oxygens (including phenoxy) is 1. The van der Waals surface area contributed by atoms with Gasteiger partial charge in [-0.05, 0) is 6.07 Å². The van der Waals surface area contributed by atoms with E-state index in [4.69, 9.17) is 10.00 Å². The fraction of sp³-hybridized carbons (Fsp3) is 0.286. The molecule has 0 saturated carbocycles. The number of rotatable bonds is 6. The molecule has 0 aromatic heterocycles. The monoisotopic (exact) mass is 337 g/mol. The van der Waals surface area contributed by atoms with E-state index >= 15 is 0 Å². The molecule has 1 aromatic carbocycles. The van der Waals surface area contributed by atoms with Crippen LogP contribution in [0.2, 0.25) is 0 Å². The van der Waals surface area contributed by atoms with E-state index in [-0.39, 0.29) is 18.7 Å². The summed E-state index contributed by atoms with van der Waals surface area (Å²) >= 11 is 0. The predicted molar refractivity (Wildman–Crippen MR) is 81.1 cm³/mol. The molecule has 1 amide bonds. The molecule has 1 aromatic rings. The summed E-state index contributed by atoms with van der Waals surface area (Å²) in [4.78, 5) is 23.1. The number of nitriles is 1. The largest absolute Gasteiger partial charge is 0.506 e. The van der Waals surface area contributed by atoms with Crippen LogP contribution in [0, 0.1) is 21.4 Å². The first-order valence-electron chi connectivity index (χ1n) is 6.53. The zero-order valence-electron chi connectivity index (χ0n) is 12.9. The van der Waals surface area contributed by atoms with E-state index in [1.807, 2.05) is 0 Å². The number of aromatic hydroxyl groups is 2. The lowest BCUT2D eigenvalue weighted by Crippen LogP contribution is -2.31. The molecule has 128 valence electrons. The van der Waals surface area contributed by atoms with Crippen molar-refractivity contribution in [3.05, 3.63) is 33.4 Å². The summed E-state index contributed by atoms with van der Waals surface area (Å²) < 4.78 is 4.80. The van der Waals surface area contributed by atoms with Crippen molar-refractivity contribution in [3.63, 3.8) is 0 Å². The standard InChI is InChI=1S/C14H15N3O7/c1-16(3-4-24-2)14(21)9(7-15)12(19)8-5-10(17(22)23)13(20)11(18)6-8/h5-6,18-20H,3-4H2,1-2H3/b12-9-. The second-order valence-corrected chi connectivity index (χ2v) is 4.68. The number of carbonyl (C=O) groups excluding carboxylic acids is 1. The van der Waals surface area contributed by atoms with E-state index in [1.54, 1.807) is 0 Å². The van der Waals surface area contributed by atoms with Gasteiger partial charge in [0.25, 0.3) is 5.91 Å². The van der Waals surface area contributed by atoms with Crippen molar-refractivity contribution in [2.45, 2.75) is 0 Å². The van der Waals surface area contributed by atoms with Gasteiger partial charge >= 0.3 is 5.69 Å². The van der Waals surface area contributed by atoms with E-state index in [0.717, 1.165) is 17.0 Å². The van der Waals surface area contributed by atoms with Crippen molar-refractivity contribution in [2.24, 2.45) is 0 Å². The maximum Gasteiger partial charge on any atom is 0.315 e. The van der Waals surface area contributed by atoms with Crippen molar-refractivity contribution in [1.82, 2.24) is 4.90 Å². The predicted octanol–water partition coefficient (Wildman–Crippen LogP) is 0.903. The van der Waals surface area contributed by atoms with E-state index in [2.05, 4.69) is 0 Å². The molecule has 1 rings (SSSR count). The highest BCUT2D eigenvalue weighted by molar-refractivity contribution is 6.03. The van der Waals surface area contributed by atoms with Gasteiger partial charge in [-0.1, -0.05) is 0 Å². The minimum atomic E-state index is -0.987. The number of carbonyl (C=O) groups is 1. The number of nitro groups is 1. The number of hydrogen-bond acceptors (Lipinski definition) is 8. The van der Waals surface area contributed by atoms with Crippen molar-refractivity contribution in [2.75, 3.05) is 27.3 Å². The highest BCUT2D eigenvalue weighted by Gasteiger charge is 2.24. The number of hydrogen-bond donors (Lipinski definition) is 3. The van der Waals surface area contributed by atoms with Crippen LogP contribution < -0.4 is 0 Å². The number of benzene rings is 1. The number of nitrogens with zero attached hydrogens (tertiary/aromatic N) is 3. The van der Waals surface area contributed by atoms with Crippen LogP contribution in [0.25, 0.3) is 5.76 Å². The second kappa shape index (κ2) is 7.80. The Bertz CT molecular complexity index is 737. The molecule has 0 atom stereocenters. The molecule has 0 aliphatic heterocycles. The van der Waals surface area contributed by atoms with Crippen molar-refractivity contribution in [1.29, 1.82) is 5.26 Å². The summed E-state index contributed by atoms with van der Waals surface area (Å²) in [6, 6.07) is 3.07. The van der Waals surface area contributed by atoms with Gasteiger partial charge < -0.3 is 25.0 Å². The third-order valence-corrected chi connectivity index (χ3v) is 3.08. The van der Waals surface area contributed by atoms with Crippen LogP contribution in [0.1, 0.15) is 5.56 Å². The molecule has 3 N–H and O–H groups in total. The number of aliphatic hydroxyl groups excluding tert-OH is 1. The van der Waals surface area contributed by atoms with Gasteiger partial charge in [-0.15, -0.1) is 0 Å². The van der Waals surface area contributed by atoms with Crippen molar-refractivity contribution < 1.29 is 29.8 Å². The molecule has 0 aliphatic rings. The van der Waals surface area contributed by atoms with Crippen LogP contribution in [0.15, 0.2) is 17.7 Å². The number of phenols is 2. The first kappa shape index (κ1) is 18.7. The molecule has 24 heavy (non-hydrogen) atoms. The Morgan fingerprint density at radius 1 is 1.46 bits per heavy atom. The van der Waals surface area contributed by atoms with Gasteiger partial charge in [-0.3, -0.25) is 14.9 Å². The SMILES string of the molecule is COCCN(C)C(=O)/C(C#N)=C(\O)c1cc(O)c(O)c([N+](=O)[O-])c1. The van der Waals surface area contributed by atoms with Crippen LogP contribution >= 0.6 is 0 Å². The molecule has 0 fully saturated rings. The van der Waals surface area contributed by atoms with E-state index < -0.39 is 39.3 Å². The molecular formula is C14H15N3O7. The fourth-order valence-electron chi connectivity index (χ4n) is 1.75. The van der Waals surface area contributed by atoms with Gasteiger partial charge in [0.05, 0.1) is 11.5 Å². The quantitative estimate of drug-likeness (QED) is 0.172. The number of nitro benzene ring substituents is 1. The molecule has 0 spiro atoms. The molecular weight excluding hydrogens is 322 g/mol. The molecule has 0 saturated heterocycles. The van der Waals surface area contributed by atoms with E-state index in [9.17, 15) is 30.2 Å². The van der Waals surface area contributed by atoms with Gasteiger partial charge in [0.15, 0.2) is 11.3 Å². The van der Waals surface area contributed by atoms with E-state index in [1.165, 1.54) is 20.2 Å². The Balaban J connectivity index is 3.37. The molecule has 0 bridgehead atoms. The fourth-order valence-corrected chi connectivity index (χ4v) is 1.75. The highest BCUT2D eigenvalue weighted by atomic mass is 16.6. The van der Waals surface area contributed by atoms with Gasteiger partial charge in [0.2, 0.25) is 5.75 Å². The molecule has 10 heteroatoms. The Morgan fingerprint density at radius 2 is 2.08 bits per heavy atom. The number of likely N-dealkylation sites (N-methyl/N-ethyl adjacent to an activating group) is 1. The minimum absolute atomic E-state index is 0.148. The Kier molecular flexibility index (Phi) is 6.08. The van der Waals surface area contributed by atoms with Gasteiger partial charge in [-0.2, -0.15) is 5.26 Å². The van der Waals surface area contributed by atoms with Crippen LogP contribution in [0.5, 0.6) is 11.5 Å². The zero-order chi connectivity index (χ0) is 18.4. The summed E-state index contributed by atoms with van der Waals surface area (Å²) in [5.74, 6) is -3.55. The third-order valence-electron chi connectivity index (χ3n) is 3.08. The first-order valence-corrected chi connectivity index (χ1v) is 6.53. The van der Waals surface area contributed by atoms with Gasteiger partial charge in [-0.25, -0.2) is 0 Å². The second-order valence-electron chi connectivity index (χ2n) is 4.68. The molecule has 10 nitrogen and oxygen atoms in total. The molecule has 0 heterocycles. The van der Waals surface area contributed by atoms with Crippen LogP contribution in [-0.4, -0.2) is 58.4 Å². The maximum absolute atomic E-state index is 12.1. The van der Waals surface area contributed by atoms with Crippen LogP contribution in [-0.2, 0) is 9.53 Å². The lowest BCUT2D eigenvalue weighted by atomic mass is 10.1. The molecule has 0 unspecified atom stereocenters. The lowest BCUT2D eigenvalue weighted by Gasteiger charge is -2.16. The first-order chi connectivity index (χ1) is 11.2. The van der Waals surface area contributed by atoms with Gasteiger partial charge in [0, 0.05) is 32.3 Å². The summed E-state index contributed by atoms with van der Waals surface area (Å²) in [5, 5.41) is 49.0. The topological polar surface area (TPSA) is 157 Å². The third kappa shape index (κ3) is 3.90. The minimum Gasteiger partial charge on any atom is -0.506 e. The Morgan fingerprint density at radius 3 is 2.58 bits per heavy atom. The van der Waals surface area contributed by atoms with Crippen molar-refractivity contribution in [3.8, 4) is 17.6 Å². The lowest BCUT2D eigenvalue weighted by molar-refractivity contribution is -0.386. The number of methoxy groups -OCH3 is 1. The maximum atomic E-state index is 12.1. The normalized spacial score (nSPS) is 11.4. The van der Waals surface area contributed by atoms with Crippen LogP contribution in [0.4, 0.5) is 5.69 Å². The average molecular weight is 337 g/mol. The summed E-state index contributed by atoms with van der Waals surface area (Å²) in [7, 11) is 2.80. The summed E-state index contributed by atoms with van der Waals surface area (Å²) in [6.07, 6.45) is 0. The summed E-state index contributed by atoms with van der Waals surface area (Å²) in [6.45, 7) is 0.349. The average Bonchev–Trinajstić information content (AvgIpc) is 2.54. The smallest absolute Gasteiger partial charge is 0.315 e. The number of aliphatic hydroxyl groups is 1.